The van der Waals surface area contributed by atoms with E-state index in [2.05, 4.69) is 106 Å². The SMILES string of the molecule is O=C1NCCSSCCNC(=O)/C(=N\O)Cc2ccc(c(Br)c2)Oc2cc(cc(Br)c2O)C/C(=N/O)C(=O)NCCSSCCNC(=O)/C(=N\O)Cc2cc(Br)c(O)c(c2)Oc2ccc(cc2Br)C/C1=N/O. The van der Waals surface area contributed by atoms with Crippen LogP contribution < -0.4 is 30.7 Å². The highest BCUT2D eigenvalue weighted by molar-refractivity contribution is 9.11. The molecule has 7 rings (SSSR count). The Balaban J connectivity index is 1.25. The van der Waals surface area contributed by atoms with Crippen LogP contribution in [0.1, 0.15) is 22.3 Å². The minimum Gasteiger partial charge on any atom is -0.503 e. The number of halogens is 4. The van der Waals surface area contributed by atoms with E-state index in [0.717, 1.165) is 0 Å². The quantitative estimate of drug-likeness (QED) is 0.0451. The third kappa shape index (κ3) is 17.7. The number of nitrogens with zero attached hydrogens (tertiary/aromatic N) is 4. The molecule has 0 saturated heterocycles. The predicted octanol–water partition coefficient (Wildman–Crippen LogP) is 8.16. The van der Waals surface area contributed by atoms with Crippen molar-refractivity contribution in [2.75, 3.05) is 49.2 Å². The smallest absolute Gasteiger partial charge is 0.269 e. The summed E-state index contributed by atoms with van der Waals surface area (Å²) in [6.07, 6.45) is -0.325. The maximum absolute atomic E-state index is 13.0. The summed E-state index contributed by atoms with van der Waals surface area (Å²) in [5.74, 6) is -0.385. The summed E-state index contributed by atoms with van der Waals surface area (Å²) in [5.41, 5.74) is 1.41. The second kappa shape index (κ2) is 29.8. The van der Waals surface area contributed by atoms with E-state index in [9.17, 15) is 50.2 Å². The highest BCUT2D eigenvalue weighted by Crippen LogP contribution is 2.42. The molecule has 0 aliphatic carbocycles. The first kappa shape index (κ1) is 58.1. The fourth-order valence-electron chi connectivity index (χ4n) is 6.21. The third-order valence-corrected chi connectivity index (χ3v) is 16.9. The lowest BCUT2D eigenvalue weighted by molar-refractivity contribution is -0.115. The third-order valence-electron chi connectivity index (χ3n) is 9.68. The largest absolute Gasteiger partial charge is 0.503 e. The highest BCUT2D eigenvalue weighted by Gasteiger charge is 2.21. The molecule has 0 fully saturated rings. The van der Waals surface area contributed by atoms with Crippen LogP contribution in [0.5, 0.6) is 34.5 Å². The van der Waals surface area contributed by atoms with Gasteiger partial charge in [-0.1, -0.05) is 75.9 Å². The van der Waals surface area contributed by atoms with Crippen LogP contribution in [-0.4, -0.2) is 127 Å². The Morgan fingerprint density at radius 3 is 0.958 bits per heavy atom. The topological polar surface area (TPSA) is 306 Å². The number of fused-ring (bicyclic) bond motifs is 2. The van der Waals surface area contributed by atoms with Crippen LogP contribution in [0.4, 0.5) is 0 Å². The first-order valence-electron chi connectivity index (χ1n) is 21.0. The van der Waals surface area contributed by atoms with Gasteiger partial charge < -0.3 is 61.8 Å². The van der Waals surface area contributed by atoms with Gasteiger partial charge in [0.15, 0.2) is 23.0 Å². The van der Waals surface area contributed by atoms with Crippen molar-refractivity contribution in [1.29, 1.82) is 0 Å². The molecule has 3 heterocycles. The van der Waals surface area contributed by atoms with E-state index in [1.807, 2.05) is 0 Å². The molecule has 0 aromatic heterocycles. The normalized spacial score (nSPS) is 18.6. The summed E-state index contributed by atoms with van der Waals surface area (Å²) in [5, 5.41) is 84.1. The molecule has 8 bridgehead atoms. The Hall–Kier alpha value is -4.84. The first-order chi connectivity index (χ1) is 34.6. The van der Waals surface area contributed by atoms with E-state index in [-0.39, 0.29) is 118 Å². The molecule has 20 nitrogen and oxygen atoms in total. The van der Waals surface area contributed by atoms with Gasteiger partial charge in [0, 0.05) is 74.9 Å². The maximum atomic E-state index is 13.0. The molecule has 0 unspecified atom stereocenters. The van der Waals surface area contributed by atoms with Gasteiger partial charge in [-0.25, -0.2) is 0 Å². The summed E-state index contributed by atoms with van der Waals surface area (Å²) in [6.45, 7) is 0.925. The zero-order valence-corrected chi connectivity index (χ0v) is 46.9. The molecule has 0 atom stereocenters. The summed E-state index contributed by atoms with van der Waals surface area (Å²) >= 11 is 13.5. The minimum absolute atomic E-state index is 0.0168. The van der Waals surface area contributed by atoms with Crippen LogP contribution in [-0.2, 0) is 44.9 Å². The van der Waals surface area contributed by atoms with Gasteiger partial charge >= 0.3 is 0 Å². The number of amides is 4. The van der Waals surface area contributed by atoms with E-state index in [0.29, 0.717) is 54.2 Å². The van der Waals surface area contributed by atoms with Crippen molar-refractivity contribution in [3.8, 4) is 34.5 Å². The molecule has 28 heteroatoms. The van der Waals surface area contributed by atoms with Crippen molar-refractivity contribution in [1.82, 2.24) is 21.3 Å². The summed E-state index contributed by atoms with van der Waals surface area (Å²) in [6, 6.07) is 15.8. The molecule has 0 radical (unpaired) electrons. The van der Waals surface area contributed by atoms with Crippen LogP contribution in [0.15, 0.2) is 99.2 Å². The van der Waals surface area contributed by atoms with E-state index in [1.54, 1.807) is 48.5 Å². The minimum atomic E-state index is -0.623. The molecule has 72 heavy (non-hydrogen) atoms. The highest BCUT2D eigenvalue weighted by atomic mass is 79.9. The van der Waals surface area contributed by atoms with Crippen molar-refractivity contribution in [3.63, 3.8) is 0 Å². The number of hydrogen-bond acceptors (Lipinski definition) is 20. The number of nitrogens with one attached hydrogen (secondary N) is 4. The number of hydrogen-bond donors (Lipinski definition) is 10. The Bertz CT molecular complexity index is 2570. The predicted molar refractivity (Wildman–Crippen MR) is 294 cm³/mol. The summed E-state index contributed by atoms with van der Waals surface area (Å²) in [7, 11) is 5.72. The fraction of sp³-hybridized carbons (Fsp3) is 0.273. The molecule has 3 aliphatic heterocycles. The maximum Gasteiger partial charge on any atom is 0.269 e. The number of aromatic hydroxyl groups is 2. The lowest BCUT2D eigenvalue weighted by atomic mass is 10.1. The average Bonchev–Trinajstić information content (AvgIpc) is 3.36. The Morgan fingerprint density at radius 1 is 0.403 bits per heavy atom. The number of benzene rings is 4. The van der Waals surface area contributed by atoms with Gasteiger partial charge in [0.2, 0.25) is 0 Å². The molecular formula is C44H44Br4N8O12S4. The molecule has 0 spiro atoms. The molecular weight excluding hydrogens is 1280 g/mol. The molecule has 4 aromatic rings. The second-order valence-corrected chi connectivity index (χ2v) is 23.6. The Kier molecular flexibility index (Phi) is 24.0. The van der Waals surface area contributed by atoms with Crippen LogP contribution in [0.2, 0.25) is 0 Å². The molecule has 3 aliphatic rings. The van der Waals surface area contributed by atoms with Gasteiger partial charge in [0.05, 0.1) is 17.9 Å². The van der Waals surface area contributed by atoms with Crippen molar-refractivity contribution < 1.29 is 59.7 Å². The Morgan fingerprint density at radius 2 is 0.681 bits per heavy atom. The number of oxime groups is 4. The van der Waals surface area contributed by atoms with Gasteiger partial charge in [-0.15, -0.1) is 0 Å². The molecule has 4 aromatic carbocycles. The molecule has 10 N–H and O–H groups in total. The number of carbonyl (C=O) groups excluding carboxylic acids is 4. The summed E-state index contributed by atoms with van der Waals surface area (Å²) < 4.78 is 13.4. The van der Waals surface area contributed by atoms with Crippen molar-refractivity contribution >= 4 is 153 Å². The number of phenolic OH excluding ortho intramolecular Hbond substituents is 2. The molecule has 384 valence electrons. The van der Waals surface area contributed by atoms with Crippen molar-refractivity contribution in [2.24, 2.45) is 20.6 Å². The Labute approximate surface area is 461 Å². The lowest BCUT2D eigenvalue weighted by Gasteiger charge is -2.14. The number of rotatable bonds is 0. The van der Waals surface area contributed by atoms with Gasteiger partial charge in [-0.2, -0.15) is 0 Å². The van der Waals surface area contributed by atoms with Crippen LogP contribution in [0.25, 0.3) is 0 Å². The fourth-order valence-corrected chi connectivity index (χ4v) is 11.8. The number of carbonyl (C=O) groups is 4. The van der Waals surface area contributed by atoms with Crippen LogP contribution in [0, 0.1) is 0 Å². The second-order valence-electron chi connectivity index (χ2n) is 14.8. The van der Waals surface area contributed by atoms with Gasteiger partial charge in [0.1, 0.15) is 34.3 Å². The first-order valence-corrected chi connectivity index (χ1v) is 29.2. The van der Waals surface area contributed by atoms with E-state index >= 15 is 0 Å². The van der Waals surface area contributed by atoms with Crippen LogP contribution >= 0.6 is 107 Å². The van der Waals surface area contributed by atoms with E-state index in [4.69, 9.17) is 9.47 Å². The molecule has 4 amide bonds. The van der Waals surface area contributed by atoms with Crippen LogP contribution in [0.3, 0.4) is 0 Å². The standard InChI is InChI=1S/C44H44Br4N8O12S4/c45-27-13-23-1-3-35(27)67-37-21-25(15-29(47)39(37)57)19-33(55-65)43(61)51-7-11-71-72-12-8-52-44(62)34(56-66)20-26-16-30(48)40(58)38(22-26)68-36-4-2-24(14-28(36)46)18-32(54-64)42(60)50-6-10-70-69-9-5-49-41(59)31(17-23)53-63/h1-4,13-16,21-22,57-58,63-66H,5-12,17-20H2,(H,49,59)(H,50,60)(H,51,61)(H,52,62)/b53-31-,54-32-,55-33-,56-34-. The van der Waals surface area contributed by atoms with Crippen molar-refractivity contribution in [3.05, 3.63) is 101 Å². The molecule has 0 saturated carbocycles. The monoisotopic (exact) mass is 1320 g/mol. The lowest BCUT2D eigenvalue weighted by Crippen LogP contribution is -2.34. The van der Waals surface area contributed by atoms with Gasteiger partial charge in [0.25, 0.3) is 23.6 Å². The van der Waals surface area contributed by atoms with E-state index < -0.39 is 23.6 Å². The average molecular weight is 1320 g/mol. The van der Waals surface area contributed by atoms with Crippen molar-refractivity contribution in [2.45, 2.75) is 25.7 Å². The van der Waals surface area contributed by atoms with Gasteiger partial charge in [-0.3, -0.25) is 19.2 Å². The zero-order valence-electron chi connectivity index (χ0n) is 37.3. The number of phenols is 2. The number of ether oxygens (including phenoxy) is 2. The zero-order chi connectivity index (χ0) is 52.2. The van der Waals surface area contributed by atoms with Gasteiger partial charge in [-0.05, 0) is 135 Å². The van der Waals surface area contributed by atoms with E-state index in [1.165, 1.54) is 55.3 Å². The summed E-state index contributed by atoms with van der Waals surface area (Å²) in [4.78, 5) is 51.7.